The van der Waals surface area contributed by atoms with Crippen molar-refractivity contribution in [3.05, 3.63) is 29.8 Å². The zero-order chi connectivity index (χ0) is 14.9. The molecule has 0 fully saturated rings. The Balaban J connectivity index is 2.31. The maximum Gasteiger partial charge on any atom is 0.327 e. The van der Waals surface area contributed by atoms with E-state index in [1.807, 2.05) is 39.0 Å². The van der Waals surface area contributed by atoms with Crippen LogP contribution in [0.2, 0.25) is 0 Å². The second kappa shape index (κ2) is 5.15. The van der Waals surface area contributed by atoms with Crippen LogP contribution in [0, 0.1) is 0 Å². The highest BCUT2D eigenvalue weighted by Gasteiger charge is 2.39. The minimum absolute atomic E-state index is 0.353. The molecule has 0 spiro atoms. The molecule has 2 N–H and O–H groups in total. The summed E-state index contributed by atoms with van der Waals surface area (Å²) >= 11 is 0. The molecule has 5 heteroatoms. The van der Waals surface area contributed by atoms with Crippen LogP contribution in [0.3, 0.4) is 0 Å². The number of amides is 2. The normalized spacial score (nSPS) is 17.8. The van der Waals surface area contributed by atoms with Gasteiger partial charge in [-0.3, -0.25) is 4.90 Å². The van der Waals surface area contributed by atoms with Gasteiger partial charge in [-0.1, -0.05) is 25.1 Å². The molecule has 0 saturated carbocycles. The van der Waals surface area contributed by atoms with Gasteiger partial charge in [0.05, 0.1) is 0 Å². The molecule has 0 radical (unpaired) electrons. The van der Waals surface area contributed by atoms with Gasteiger partial charge < -0.3 is 10.4 Å². The Kier molecular flexibility index (Phi) is 3.70. The number of carboxylic acids is 1. The Morgan fingerprint density at radius 3 is 2.65 bits per heavy atom. The lowest BCUT2D eigenvalue weighted by atomic mass is 10.0. The number of fused-ring (bicyclic) bond motifs is 1. The van der Waals surface area contributed by atoms with Gasteiger partial charge in [0.2, 0.25) is 0 Å². The number of carbonyl (C=O) groups is 2. The number of carbonyl (C=O) groups excluding carboxylic acids is 1. The summed E-state index contributed by atoms with van der Waals surface area (Å²) in [7, 11) is 0. The number of hydrogen-bond donors (Lipinski definition) is 2. The Hall–Kier alpha value is -2.04. The smallest absolute Gasteiger partial charge is 0.327 e. The van der Waals surface area contributed by atoms with Crippen LogP contribution >= 0.6 is 0 Å². The third kappa shape index (κ3) is 2.61. The number of hydrogen-bond acceptors (Lipinski definition) is 2. The van der Waals surface area contributed by atoms with Crippen molar-refractivity contribution in [2.24, 2.45) is 0 Å². The summed E-state index contributed by atoms with van der Waals surface area (Å²) < 4.78 is 0. The van der Waals surface area contributed by atoms with Crippen molar-refractivity contribution in [1.29, 1.82) is 0 Å². The third-order valence-corrected chi connectivity index (χ3v) is 3.81. The van der Waals surface area contributed by atoms with E-state index in [9.17, 15) is 14.7 Å². The summed E-state index contributed by atoms with van der Waals surface area (Å²) in [5, 5.41) is 12.2. The highest BCUT2D eigenvalue weighted by molar-refractivity contribution is 6.01. The van der Waals surface area contributed by atoms with Crippen LogP contribution in [0.15, 0.2) is 24.3 Å². The third-order valence-electron chi connectivity index (χ3n) is 3.81. The fraction of sp³-hybridized carbons (Fsp3) is 0.467. The molecule has 0 aromatic heterocycles. The molecule has 2 rings (SSSR count). The molecule has 108 valence electrons. The summed E-state index contributed by atoms with van der Waals surface area (Å²) in [4.78, 5) is 25.2. The van der Waals surface area contributed by atoms with E-state index in [0.29, 0.717) is 12.1 Å². The maximum atomic E-state index is 12.4. The molecule has 2 amide bonds. The van der Waals surface area contributed by atoms with Crippen molar-refractivity contribution >= 4 is 17.7 Å². The number of urea groups is 1. The van der Waals surface area contributed by atoms with Gasteiger partial charge in [-0.25, -0.2) is 9.59 Å². The Labute approximate surface area is 118 Å². The largest absolute Gasteiger partial charge is 0.480 e. The van der Waals surface area contributed by atoms with Gasteiger partial charge in [-0.05, 0) is 31.9 Å². The van der Waals surface area contributed by atoms with Crippen LogP contribution in [0.1, 0.15) is 32.8 Å². The second-order valence-corrected chi connectivity index (χ2v) is 5.72. The van der Waals surface area contributed by atoms with Gasteiger partial charge in [0.25, 0.3) is 0 Å². The van der Waals surface area contributed by atoms with Gasteiger partial charge in [0, 0.05) is 17.6 Å². The van der Waals surface area contributed by atoms with Crippen molar-refractivity contribution < 1.29 is 14.7 Å². The number of nitrogens with one attached hydrogen (secondary N) is 1. The minimum Gasteiger partial charge on any atom is -0.480 e. The van der Waals surface area contributed by atoms with Gasteiger partial charge in [0.15, 0.2) is 0 Å². The first-order valence-electron chi connectivity index (χ1n) is 6.78. The van der Waals surface area contributed by atoms with Crippen molar-refractivity contribution in [3.8, 4) is 0 Å². The van der Waals surface area contributed by atoms with Gasteiger partial charge in [0.1, 0.15) is 6.04 Å². The summed E-state index contributed by atoms with van der Waals surface area (Å²) in [5.74, 6) is -0.981. The van der Waals surface area contributed by atoms with Gasteiger partial charge >= 0.3 is 12.0 Å². The highest BCUT2D eigenvalue weighted by Crippen LogP contribution is 2.32. The van der Waals surface area contributed by atoms with E-state index in [-0.39, 0.29) is 11.6 Å². The van der Waals surface area contributed by atoms with Crippen molar-refractivity contribution in [2.75, 3.05) is 4.90 Å². The minimum atomic E-state index is -0.981. The molecule has 1 aromatic rings. The van der Waals surface area contributed by atoms with Crippen molar-refractivity contribution in [1.82, 2.24) is 5.32 Å². The molecule has 0 bridgehead atoms. The molecule has 1 unspecified atom stereocenters. The van der Waals surface area contributed by atoms with E-state index in [4.69, 9.17) is 0 Å². The quantitative estimate of drug-likeness (QED) is 0.890. The van der Waals surface area contributed by atoms with Crippen LogP contribution in [0.25, 0.3) is 0 Å². The Morgan fingerprint density at radius 1 is 1.40 bits per heavy atom. The average Bonchev–Trinajstić information content (AvgIpc) is 2.77. The highest BCUT2D eigenvalue weighted by atomic mass is 16.4. The topological polar surface area (TPSA) is 69.6 Å². The van der Waals surface area contributed by atoms with E-state index < -0.39 is 12.0 Å². The summed E-state index contributed by atoms with van der Waals surface area (Å²) in [6.07, 6.45) is 1.12. The van der Waals surface area contributed by atoms with Crippen LogP contribution in [-0.4, -0.2) is 28.7 Å². The first-order chi connectivity index (χ1) is 9.35. The zero-order valence-corrected chi connectivity index (χ0v) is 12.0. The fourth-order valence-corrected chi connectivity index (χ4v) is 2.27. The molecule has 1 heterocycles. The molecule has 5 nitrogen and oxygen atoms in total. The Morgan fingerprint density at radius 2 is 2.05 bits per heavy atom. The number of aliphatic carboxylic acids is 1. The van der Waals surface area contributed by atoms with Gasteiger partial charge in [-0.15, -0.1) is 0 Å². The SMILES string of the molecule is CCC(C)(C)NC(=O)N1c2ccccc2CC1C(=O)O. The molecule has 0 saturated heterocycles. The number of benzene rings is 1. The lowest BCUT2D eigenvalue weighted by molar-refractivity contribution is -0.138. The van der Waals surface area contributed by atoms with Crippen LogP contribution < -0.4 is 10.2 Å². The number of para-hydroxylation sites is 1. The van der Waals surface area contributed by atoms with E-state index >= 15 is 0 Å². The predicted molar refractivity (Wildman–Crippen MR) is 77.0 cm³/mol. The average molecular weight is 276 g/mol. The van der Waals surface area contributed by atoms with Gasteiger partial charge in [-0.2, -0.15) is 0 Å². The number of nitrogens with zero attached hydrogens (tertiary/aromatic N) is 1. The second-order valence-electron chi connectivity index (χ2n) is 5.72. The standard InChI is InChI=1S/C15H20N2O3/c1-4-15(2,3)16-14(20)17-11-8-6-5-7-10(11)9-12(17)13(18)19/h5-8,12H,4,9H2,1-3H3,(H,16,20)(H,18,19). The molecule has 1 aromatic carbocycles. The van der Waals surface area contributed by atoms with E-state index in [1.165, 1.54) is 4.90 Å². The molecule has 1 aliphatic rings. The molecule has 0 aliphatic carbocycles. The monoisotopic (exact) mass is 276 g/mol. The molecule has 1 aliphatic heterocycles. The van der Waals surface area contributed by atoms with E-state index in [2.05, 4.69) is 5.32 Å². The van der Waals surface area contributed by atoms with Crippen LogP contribution in [-0.2, 0) is 11.2 Å². The first kappa shape index (κ1) is 14.4. The first-order valence-corrected chi connectivity index (χ1v) is 6.78. The molecular formula is C15H20N2O3. The predicted octanol–water partition coefficient (Wildman–Crippen LogP) is 2.40. The van der Waals surface area contributed by atoms with Crippen LogP contribution in [0.4, 0.5) is 10.5 Å². The Bertz CT molecular complexity index is 540. The number of rotatable bonds is 3. The lowest BCUT2D eigenvalue weighted by Gasteiger charge is -2.30. The summed E-state index contributed by atoms with van der Waals surface area (Å²) in [6.45, 7) is 5.82. The van der Waals surface area contributed by atoms with E-state index in [0.717, 1.165) is 12.0 Å². The zero-order valence-electron chi connectivity index (χ0n) is 12.0. The van der Waals surface area contributed by atoms with Crippen molar-refractivity contribution in [2.45, 2.75) is 45.2 Å². The van der Waals surface area contributed by atoms with Crippen molar-refractivity contribution in [3.63, 3.8) is 0 Å². The number of carboxylic acid groups (broad SMARTS) is 1. The molecule has 1 atom stereocenters. The number of anilines is 1. The fourth-order valence-electron chi connectivity index (χ4n) is 2.27. The molecule has 20 heavy (non-hydrogen) atoms. The summed E-state index contributed by atoms with van der Waals surface area (Å²) in [5.41, 5.74) is 1.21. The van der Waals surface area contributed by atoms with E-state index in [1.54, 1.807) is 6.07 Å². The summed E-state index contributed by atoms with van der Waals surface area (Å²) in [6, 6.07) is 6.14. The molecular weight excluding hydrogens is 256 g/mol. The lowest BCUT2D eigenvalue weighted by Crippen LogP contribution is -2.53. The maximum absolute atomic E-state index is 12.4. The van der Waals surface area contributed by atoms with Crippen LogP contribution in [0.5, 0.6) is 0 Å².